The summed E-state index contributed by atoms with van der Waals surface area (Å²) in [5, 5.41) is 10.2. The molecule has 3 heteroatoms. The summed E-state index contributed by atoms with van der Waals surface area (Å²) in [7, 11) is 0. The van der Waals surface area contributed by atoms with E-state index in [4.69, 9.17) is 9.83 Å². The van der Waals surface area contributed by atoms with E-state index in [0.29, 0.717) is 0 Å². The second-order valence-electron chi connectivity index (χ2n) is 1.89. The molecular formula is C7H10N2O. The monoisotopic (exact) mass is 138 g/mol. The molecule has 1 rings (SSSR count). The van der Waals surface area contributed by atoms with Gasteiger partial charge in [-0.05, 0) is 19.1 Å². The molecule has 0 aliphatic carbocycles. The zero-order valence-electron chi connectivity index (χ0n) is 5.85. The maximum atomic E-state index is 7.24. The van der Waals surface area contributed by atoms with Crippen molar-refractivity contribution in [3.05, 3.63) is 23.9 Å². The van der Waals surface area contributed by atoms with E-state index in [1.807, 2.05) is 13.0 Å². The zero-order chi connectivity index (χ0) is 7.40. The molecule has 1 heterocycles. The van der Waals surface area contributed by atoms with Crippen molar-refractivity contribution in [2.45, 2.75) is 6.92 Å². The van der Waals surface area contributed by atoms with Crippen LogP contribution in [0.4, 0.5) is 5.69 Å². The van der Waals surface area contributed by atoms with Crippen molar-refractivity contribution in [3.8, 4) is 0 Å². The van der Waals surface area contributed by atoms with Crippen molar-refractivity contribution < 1.29 is 4.42 Å². The summed E-state index contributed by atoms with van der Waals surface area (Å²) >= 11 is 0. The summed E-state index contributed by atoms with van der Waals surface area (Å²) in [4.78, 5) is 0. The largest absolute Gasteiger partial charge is 0.445 e. The van der Waals surface area contributed by atoms with Crippen LogP contribution in [0.1, 0.15) is 6.92 Å². The fourth-order valence-corrected chi connectivity index (χ4v) is 0.712. The molecule has 0 amide bonds. The first-order valence-electron chi connectivity index (χ1n) is 3.21. The Morgan fingerprint density at radius 3 is 3.10 bits per heavy atom. The Bertz CT molecular complexity index is 254. The van der Waals surface area contributed by atoms with Crippen LogP contribution in [0.3, 0.4) is 0 Å². The third-order valence-electron chi connectivity index (χ3n) is 1.14. The minimum Gasteiger partial charge on any atom is -0.445 e. The maximum Gasteiger partial charge on any atom is 0.234 e. The fourth-order valence-electron chi connectivity index (χ4n) is 0.712. The topological polar surface area (TPSA) is 49.0 Å². The van der Waals surface area contributed by atoms with Crippen LogP contribution in [0.5, 0.6) is 0 Å². The van der Waals surface area contributed by atoms with Crippen LogP contribution in [-0.2, 0) is 0 Å². The lowest BCUT2D eigenvalue weighted by Gasteiger charge is -1.98. The lowest BCUT2D eigenvalue weighted by molar-refractivity contribution is 0.489. The Hall–Kier alpha value is -1.25. The molecule has 0 aliphatic rings. The smallest absolute Gasteiger partial charge is 0.234 e. The normalized spacial score (nSPS) is 9.30. The molecule has 1 aromatic rings. The molecule has 0 radical (unpaired) electrons. The van der Waals surface area contributed by atoms with Gasteiger partial charge in [-0.2, -0.15) is 0 Å². The van der Waals surface area contributed by atoms with Gasteiger partial charge in [0.1, 0.15) is 0 Å². The maximum absolute atomic E-state index is 7.24. The van der Waals surface area contributed by atoms with Crippen LogP contribution in [0.2, 0.25) is 0 Å². The molecule has 2 N–H and O–H groups in total. The quantitative estimate of drug-likeness (QED) is 0.645. The van der Waals surface area contributed by atoms with Crippen molar-refractivity contribution in [1.29, 1.82) is 5.41 Å². The Morgan fingerprint density at radius 1 is 1.70 bits per heavy atom. The third kappa shape index (κ3) is 1.37. The van der Waals surface area contributed by atoms with Crippen molar-refractivity contribution in [2.75, 3.05) is 11.9 Å². The highest BCUT2D eigenvalue weighted by Gasteiger charge is 1.90. The minimum absolute atomic E-state index is 0.185. The number of anilines is 1. The fraction of sp³-hybridized carbons (Fsp3) is 0.286. The molecule has 1 aromatic heterocycles. The number of hydrogen-bond acceptors (Lipinski definition) is 3. The summed E-state index contributed by atoms with van der Waals surface area (Å²) < 4.78 is 4.81. The molecule has 0 unspecified atom stereocenters. The first-order valence-corrected chi connectivity index (χ1v) is 3.21. The van der Waals surface area contributed by atoms with E-state index in [9.17, 15) is 0 Å². The highest BCUT2D eigenvalue weighted by Crippen LogP contribution is 1.95. The van der Waals surface area contributed by atoms with Gasteiger partial charge < -0.3 is 9.73 Å². The second-order valence-corrected chi connectivity index (χ2v) is 1.89. The van der Waals surface area contributed by atoms with Crippen LogP contribution in [0, 0.1) is 5.41 Å². The van der Waals surface area contributed by atoms with Crippen molar-refractivity contribution in [1.82, 2.24) is 0 Å². The van der Waals surface area contributed by atoms with Gasteiger partial charge in [-0.25, -0.2) is 0 Å². The van der Waals surface area contributed by atoms with Crippen LogP contribution in [0.15, 0.2) is 22.8 Å². The van der Waals surface area contributed by atoms with Gasteiger partial charge in [0, 0.05) is 6.54 Å². The van der Waals surface area contributed by atoms with Gasteiger partial charge >= 0.3 is 0 Å². The lowest BCUT2D eigenvalue weighted by atomic mass is 10.4. The van der Waals surface area contributed by atoms with E-state index >= 15 is 0 Å². The average Bonchev–Trinajstić information content (AvgIpc) is 1.94. The van der Waals surface area contributed by atoms with Crippen LogP contribution in [0.25, 0.3) is 0 Å². The van der Waals surface area contributed by atoms with Gasteiger partial charge in [0.15, 0.2) is 0 Å². The molecule has 0 bridgehead atoms. The first kappa shape index (κ1) is 6.86. The summed E-state index contributed by atoms with van der Waals surface area (Å²) in [5.74, 6) is 0. The van der Waals surface area contributed by atoms with E-state index in [0.717, 1.165) is 12.2 Å². The summed E-state index contributed by atoms with van der Waals surface area (Å²) in [5.41, 5.74) is 0.925. The molecule has 10 heavy (non-hydrogen) atoms. The molecule has 0 saturated heterocycles. The molecular weight excluding hydrogens is 128 g/mol. The van der Waals surface area contributed by atoms with Gasteiger partial charge in [-0.1, -0.05) is 0 Å². The lowest BCUT2D eigenvalue weighted by Crippen LogP contribution is -2.08. The van der Waals surface area contributed by atoms with Crippen LogP contribution >= 0.6 is 0 Å². The van der Waals surface area contributed by atoms with E-state index in [-0.39, 0.29) is 5.55 Å². The van der Waals surface area contributed by atoms with Crippen molar-refractivity contribution >= 4 is 5.69 Å². The van der Waals surface area contributed by atoms with E-state index in [1.165, 1.54) is 6.26 Å². The minimum atomic E-state index is 0.185. The van der Waals surface area contributed by atoms with Gasteiger partial charge in [0.25, 0.3) is 0 Å². The summed E-state index contributed by atoms with van der Waals surface area (Å²) in [6.07, 6.45) is 1.49. The number of nitrogens with one attached hydrogen (secondary N) is 2. The highest BCUT2D eigenvalue weighted by atomic mass is 16.3. The van der Waals surface area contributed by atoms with E-state index in [1.54, 1.807) is 6.07 Å². The third-order valence-corrected chi connectivity index (χ3v) is 1.14. The van der Waals surface area contributed by atoms with Gasteiger partial charge in [-0.3, -0.25) is 5.41 Å². The van der Waals surface area contributed by atoms with Crippen LogP contribution in [-0.4, -0.2) is 6.54 Å². The molecule has 3 nitrogen and oxygen atoms in total. The van der Waals surface area contributed by atoms with Crippen molar-refractivity contribution in [3.63, 3.8) is 0 Å². The van der Waals surface area contributed by atoms with Gasteiger partial charge in [0.2, 0.25) is 5.55 Å². The Balaban J connectivity index is 2.92. The first-order chi connectivity index (χ1) is 4.84. The van der Waals surface area contributed by atoms with Crippen molar-refractivity contribution in [2.24, 2.45) is 0 Å². The van der Waals surface area contributed by atoms with Crippen LogP contribution < -0.4 is 10.9 Å². The summed E-state index contributed by atoms with van der Waals surface area (Å²) in [6, 6.07) is 3.57. The second kappa shape index (κ2) is 3.06. The Labute approximate surface area is 59.2 Å². The molecule has 0 aliphatic heterocycles. The average molecular weight is 138 g/mol. The predicted octanol–water partition coefficient (Wildman–Crippen LogP) is 1.19. The molecule has 0 atom stereocenters. The molecule has 54 valence electrons. The van der Waals surface area contributed by atoms with E-state index in [2.05, 4.69) is 5.32 Å². The van der Waals surface area contributed by atoms with Gasteiger partial charge in [-0.15, -0.1) is 0 Å². The molecule has 0 saturated carbocycles. The molecule has 0 spiro atoms. The predicted molar refractivity (Wildman–Crippen MR) is 38.7 cm³/mol. The van der Waals surface area contributed by atoms with E-state index < -0.39 is 0 Å². The standard InChI is InChI=1S/C7H10N2O/c1-2-9-6-4-3-5-10-7(6)8/h3-5,8-9H,2H2,1H3. The SMILES string of the molecule is CCNc1cccoc1=N. The molecule has 0 aromatic carbocycles. The van der Waals surface area contributed by atoms with Gasteiger partial charge in [0.05, 0.1) is 12.0 Å². The zero-order valence-corrected chi connectivity index (χ0v) is 5.85. The number of hydrogen-bond donors (Lipinski definition) is 2. The Kier molecular flexibility index (Phi) is 2.10. The highest BCUT2D eigenvalue weighted by molar-refractivity contribution is 5.37. The molecule has 0 fully saturated rings. The number of rotatable bonds is 2. The summed E-state index contributed by atoms with van der Waals surface area (Å²) in [6.45, 7) is 2.79. The Morgan fingerprint density at radius 2 is 2.50 bits per heavy atom.